The monoisotopic (exact) mass is 349 g/mol. The third-order valence-corrected chi connectivity index (χ3v) is 3.75. The van der Waals surface area contributed by atoms with E-state index in [1.807, 2.05) is 27.7 Å². The predicted molar refractivity (Wildman–Crippen MR) is 91.9 cm³/mol. The van der Waals surface area contributed by atoms with Crippen LogP contribution in [0.2, 0.25) is 0 Å². The summed E-state index contributed by atoms with van der Waals surface area (Å²) in [6.07, 6.45) is -1.59. The third-order valence-electron chi connectivity index (χ3n) is 3.75. The van der Waals surface area contributed by atoms with Gasteiger partial charge < -0.3 is 25.4 Å². The number of hydrogen-bond acceptors (Lipinski definition) is 7. The van der Waals surface area contributed by atoms with Gasteiger partial charge in [0.2, 0.25) is 12.3 Å². The molecule has 5 atom stereocenters. The van der Waals surface area contributed by atoms with Crippen molar-refractivity contribution in [3.05, 3.63) is 0 Å². The summed E-state index contributed by atoms with van der Waals surface area (Å²) in [7, 11) is 1.34. The Kier molecular flexibility index (Phi) is 11.4. The SMILES string of the molecule is CO[C@H](O)NC(C(C)C)C(O)NC(C)C(=O)NC(CO)CC(C)C. The number of carbonyl (C=O) groups is 1. The van der Waals surface area contributed by atoms with Crippen LogP contribution in [0.1, 0.15) is 41.0 Å². The van der Waals surface area contributed by atoms with Crippen LogP contribution in [0, 0.1) is 11.8 Å². The van der Waals surface area contributed by atoms with Crippen LogP contribution in [0.4, 0.5) is 0 Å². The highest BCUT2D eigenvalue weighted by Gasteiger charge is 2.28. The average molecular weight is 349 g/mol. The Morgan fingerprint density at radius 3 is 2.08 bits per heavy atom. The van der Waals surface area contributed by atoms with Gasteiger partial charge in [0.25, 0.3) is 0 Å². The summed E-state index contributed by atoms with van der Waals surface area (Å²) in [5.41, 5.74) is 0. The molecule has 6 N–H and O–H groups in total. The van der Waals surface area contributed by atoms with Crippen LogP contribution in [0.5, 0.6) is 0 Å². The van der Waals surface area contributed by atoms with E-state index in [4.69, 9.17) is 4.74 Å². The van der Waals surface area contributed by atoms with Gasteiger partial charge in [-0.15, -0.1) is 0 Å². The fraction of sp³-hybridized carbons (Fsp3) is 0.938. The molecular formula is C16H35N3O5. The molecule has 0 aromatic carbocycles. The lowest BCUT2D eigenvalue weighted by Crippen LogP contribution is -2.58. The van der Waals surface area contributed by atoms with Gasteiger partial charge in [-0.2, -0.15) is 0 Å². The summed E-state index contributed by atoms with van der Waals surface area (Å²) in [4.78, 5) is 12.2. The van der Waals surface area contributed by atoms with E-state index in [1.165, 1.54) is 7.11 Å². The first kappa shape index (κ1) is 23.2. The molecule has 0 radical (unpaired) electrons. The lowest BCUT2D eigenvalue weighted by atomic mass is 10.0. The Labute approximate surface area is 145 Å². The highest BCUT2D eigenvalue weighted by atomic mass is 16.6. The van der Waals surface area contributed by atoms with Crippen molar-refractivity contribution in [1.82, 2.24) is 16.0 Å². The van der Waals surface area contributed by atoms with Crippen LogP contribution in [0.15, 0.2) is 0 Å². The molecule has 24 heavy (non-hydrogen) atoms. The standard InChI is InChI=1S/C16H35N3O5/c1-9(2)7-12(8-20)18-14(21)11(5)17-15(22)13(10(3)4)19-16(23)24-6/h9-13,15-17,19-20,22-23H,7-8H2,1-6H3,(H,18,21)/t11?,12?,13?,15?,16-/m0/s1. The van der Waals surface area contributed by atoms with E-state index in [0.29, 0.717) is 12.3 Å². The normalized spacial score (nSPS) is 18.3. The largest absolute Gasteiger partial charge is 0.394 e. The number of methoxy groups -OCH3 is 1. The molecule has 0 saturated carbocycles. The Hall–Kier alpha value is -0.770. The molecule has 0 bridgehead atoms. The van der Waals surface area contributed by atoms with E-state index in [1.54, 1.807) is 6.92 Å². The molecule has 0 aliphatic carbocycles. The first-order valence-electron chi connectivity index (χ1n) is 8.44. The number of aliphatic hydroxyl groups is 3. The van der Waals surface area contributed by atoms with Gasteiger partial charge in [0.05, 0.1) is 24.7 Å². The van der Waals surface area contributed by atoms with Crippen LogP contribution in [-0.2, 0) is 9.53 Å². The molecule has 4 unspecified atom stereocenters. The second-order valence-corrected chi connectivity index (χ2v) is 6.88. The summed E-state index contributed by atoms with van der Waals surface area (Å²) in [5.74, 6) is 0.0311. The van der Waals surface area contributed by atoms with E-state index in [0.717, 1.165) is 0 Å². The fourth-order valence-corrected chi connectivity index (χ4v) is 2.39. The molecular weight excluding hydrogens is 314 g/mol. The van der Waals surface area contributed by atoms with Crippen LogP contribution in [-0.4, -0.2) is 65.7 Å². The first-order valence-corrected chi connectivity index (χ1v) is 8.44. The molecule has 0 spiro atoms. The second kappa shape index (κ2) is 11.7. The van der Waals surface area contributed by atoms with Crippen LogP contribution in [0.25, 0.3) is 0 Å². The molecule has 0 fully saturated rings. The van der Waals surface area contributed by atoms with E-state index < -0.39 is 24.7 Å². The van der Waals surface area contributed by atoms with Gasteiger partial charge in [0, 0.05) is 7.11 Å². The van der Waals surface area contributed by atoms with E-state index in [9.17, 15) is 20.1 Å². The fourth-order valence-electron chi connectivity index (χ4n) is 2.39. The predicted octanol–water partition coefficient (Wildman–Crippen LogP) is -0.657. The van der Waals surface area contributed by atoms with Gasteiger partial charge >= 0.3 is 0 Å². The molecule has 8 nitrogen and oxygen atoms in total. The lowest BCUT2D eigenvalue weighted by molar-refractivity contribution is -0.127. The number of rotatable bonds is 12. The maximum Gasteiger partial charge on any atom is 0.237 e. The van der Waals surface area contributed by atoms with E-state index in [-0.39, 0.29) is 24.5 Å². The Morgan fingerprint density at radius 1 is 1.08 bits per heavy atom. The molecule has 144 valence electrons. The van der Waals surface area contributed by atoms with Crippen LogP contribution < -0.4 is 16.0 Å². The van der Waals surface area contributed by atoms with Crippen molar-refractivity contribution < 1.29 is 24.9 Å². The minimum Gasteiger partial charge on any atom is -0.394 e. The zero-order valence-corrected chi connectivity index (χ0v) is 15.6. The topological polar surface area (TPSA) is 123 Å². The summed E-state index contributed by atoms with van der Waals surface area (Å²) in [6, 6.07) is -1.49. The average Bonchev–Trinajstić information content (AvgIpc) is 2.50. The smallest absolute Gasteiger partial charge is 0.237 e. The summed E-state index contributed by atoms with van der Waals surface area (Å²) >= 11 is 0. The van der Waals surface area contributed by atoms with E-state index in [2.05, 4.69) is 16.0 Å². The highest BCUT2D eigenvalue weighted by molar-refractivity contribution is 5.81. The van der Waals surface area contributed by atoms with Gasteiger partial charge in [0.15, 0.2) is 0 Å². The maximum atomic E-state index is 12.2. The van der Waals surface area contributed by atoms with Gasteiger partial charge in [-0.25, -0.2) is 0 Å². The molecule has 1 amide bonds. The van der Waals surface area contributed by atoms with Gasteiger partial charge in [-0.05, 0) is 25.2 Å². The number of hydrogen-bond donors (Lipinski definition) is 6. The number of amides is 1. The molecule has 0 aromatic rings. The zero-order chi connectivity index (χ0) is 18.9. The molecule has 0 aliphatic heterocycles. The lowest BCUT2D eigenvalue weighted by Gasteiger charge is -2.31. The molecule has 8 heteroatoms. The second-order valence-electron chi connectivity index (χ2n) is 6.88. The Balaban J connectivity index is 4.63. The van der Waals surface area contributed by atoms with Gasteiger partial charge in [-0.1, -0.05) is 27.7 Å². The minimum absolute atomic E-state index is 0.0151. The molecule has 0 rings (SSSR count). The van der Waals surface area contributed by atoms with Crippen molar-refractivity contribution >= 4 is 5.91 Å². The summed E-state index contributed by atoms with van der Waals surface area (Å²) in [6.45, 7) is 9.28. The van der Waals surface area contributed by atoms with Crippen LogP contribution >= 0.6 is 0 Å². The van der Waals surface area contributed by atoms with Crippen molar-refractivity contribution in [2.24, 2.45) is 11.8 Å². The quantitative estimate of drug-likeness (QED) is 0.259. The van der Waals surface area contributed by atoms with Crippen molar-refractivity contribution in [2.45, 2.75) is 71.8 Å². The number of carbonyl (C=O) groups excluding carboxylic acids is 1. The molecule has 0 aromatic heterocycles. The first-order chi connectivity index (χ1) is 11.1. The Bertz CT molecular complexity index is 355. The van der Waals surface area contributed by atoms with Crippen molar-refractivity contribution in [1.29, 1.82) is 0 Å². The molecule has 0 aliphatic rings. The Morgan fingerprint density at radius 2 is 1.67 bits per heavy atom. The van der Waals surface area contributed by atoms with Crippen molar-refractivity contribution in [3.63, 3.8) is 0 Å². The van der Waals surface area contributed by atoms with Gasteiger partial charge in [-0.3, -0.25) is 15.4 Å². The summed E-state index contributed by atoms with van der Waals surface area (Å²) in [5, 5.41) is 37.5. The van der Waals surface area contributed by atoms with Crippen molar-refractivity contribution in [2.75, 3.05) is 13.7 Å². The van der Waals surface area contributed by atoms with Crippen LogP contribution in [0.3, 0.4) is 0 Å². The summed E-state index contributed by atoms with van der Waals surface area (Å²) < 4.78 is 4.74. The minimum atomic E-state index is -1.21. The zero-order valence-electron chi connectivity index (χ0n) is 15.6. The number of nitrogens with one attached hydrogen (secondary N) is 3. The third kappa shape index (κ3) is 8.91. The maximum absolute atomic E-state index is 12.2. The molecule has 0 saturated heterocycles. The van der Waals surface area contributed by atoms with Crippen molar-refractivity contribution in [3.8, 4) is 0 Å². The molecule has 0 heterocycles. The number of aliphatic hydroxyl groups excluding tert-OH is 3. The highest BCUT2D eigenvalue weighted by Crippen LogP contribution is 2.08. The van der Waals surface area contributed by atoms with Gasteiger partial charge in [0.1, 0.15) is 6.23 Å². The number of ether oxygens (including phenoxy) is 1. The van der Waals surface area contributed by atoms with E-state index >= 15 is 0 Å².